The van der Waals surface area contributed by atoms with Gasteiger partial charge in [-0.15, -0.1) is 11.3 Å². The molecule has 0 aliphatic carbocycles. The fraction of sp³-hybridized carbons (Fsp3) is 0.263. The number of rotatable bonds is 4. The largest absolute Gasteiger partial charge is 0.366 e. The topological polar surface area (TPSA) is 80.0 Å². The highest BCUT2D eigenvalue weighted by Gasteiger charge is 2.19. The van der Waals surface area contributed by atoms with Crippen LogP contribution in [0.1, 0.15) is 23.2 Å². The van der Waals surface area contributed by atoms with E-state index >= 15 is 0 Å². The summed E-state index contributed by atoms with van der Waals surface area (Å²) in [6, 6.07) is 8.61. The standard InChI is InChI=1S/C19H19FN4OS/c20-12-5-3-11(4-6-12)16-8-14-17(26-16)15(18(21)25)10-23-19(14)24-13-2-1-7-22-9-13/h3-6,8,10,13,22H,1-2,7,9H2,(H2,21,25)(H,23,24)/t13-/m0/s1. The number of aromatic nitrogens is 1. The van der Waals surface area contributed by atoms with Gasteiger partial charge in [0.1, 0.15) is 11.6 Å². The van der Waals surface area contributed by atoms with Gasteiger partial charge in [0.15, 0.2) is 0 Å². The summed E-state index contributed by atoms with van der Waals surface area (Å²) in [4.78, 5) is 17.2. The normalized spacial score (nSPS) is 17.3. The van der Waals surface area contributed by atoms with Crippen molar-refractivity contribution in [2.75, 3.05) is 18.4 Å². The summed E-state index contributed by atoms with van der Waals surface area (Å²) < 4.78 is 14.0. The van der Waals surface area contributed by atoms with E-state index in [0.29, 0.717) is 11.6 Å². The van der Waals surface area contributed by atoms with Crippen LogP contribution in [-0.2, 0) is 0 Å². The minimum absolute atomic E-state index is 0.276. The Labute approximate surface area is 154 Å². The van der Waals surface area contributed by atoms with Gasteiger partial charge in [-0.25, -0.2) is 9.37 Å². The van der Waals surface area contributed by atoms with Gasteiger partial charge < -0.3 is 16.4 Å². The Morgan fingerprint density at radius 2 is 2.15 bits per heavy atom. The van der Waals surface area contributed by atoms with Crippen LogP contribution in [0.15, 0.2) is 36.5 Å². The van der Waals surface area contributed by atoms with Crippen LogP contribution in [0.4, 0.5) is 10.2 Å². The number of piperidine rings is 1. The molecule has 4 rings (SSSR count). The quantitative estimate of drug-likeness (QED) is 0.658. The molecule has 4 N–H and O–H groups in total. The minimum Gasteiger partial charge on any atom is -0.366 e. The van der Waals surface area contributed by atoms with E-state index in [0.717, 1.165) is 52.3 Å². The van der Waals surface area contributed by atoms with Crippen molar-refractivity contribution < 1.29 is 9.18 Å². The molecule has 3 aromatic rings. The summed E-state index contributed by atoms with van der Waals surface area (Å²) in [6.45, 7) is 1.92. The van der Waals surface area contributed by atoms with Crippen molar-refractivity contribution in [2.24, 2.45) is 5.73 Å². The first kappa shape index (κ1) is 16.9. The molecule has 0 spiro atoms. The number of carbonyl (C=O) groups is 1. The van der Waals surface area contributed by atoms with Crippen LogP contribution < -0.4 is 16.4 Å². The van der Waals surface area contributed by atoms with Crippen LogP contribution in [0.25, 0.3) is 20.5 Å². The summed E-state index contributed by atoms with van der Waals surface area (Å²) in [7, 11) is 0. The first-order valence-electron chi connectivity index (χ1n) is 8.57. The lowest BCUT2D eigenvalue weighted by Crippen LogP contribution is -2.38. The van der Waals surface area contributed by atoms with Crippen LogP contribution in [0.2, 0.25) is 0 Å². The second-order valence-corrected chi connectivity index (χ2v) is 7.48. The third kappa shape index (κ3) is 3.27. The van der Waals surface area contributed by atoms with Gasteiger partial charge in [-0.2, -0.15) is 0 Å². The number of amides is 1. The summed E-state index contributed by atoms with van der Waals surface area (Å²) >= 11 is 1.47. The van der Waals surface area contributed by atoms with Gasteiger partial charge in [-0.1, -0.05) is 12.1 Å². The molecule has 0 unspecified atom stereocenters. The second-order valence-electron chi connectivity index (χ2n) is 6.43. The zero-order chi connectivity index (χ0) is 18.1. The van der Waals surface area contributed by atoms with E-state index in [-0.39, 0.29) is 5.82 Å². The third-order valence-corrected chi connectivity index (χ3v) is 5.80. The van der Waals surface area contributed by atoms with Crippen LogP contribution in [0.3, 0.4) is 0 Å². The van der Waals surface area contributed by atoms with E-state index < -0.39 is 5.91 Å². The van der Waals surface area contributed by atoms with Gasteiger partial charge in [0, 0.05) is 29.0 Å². The third-order valence-electron chi connectivity index (χ3n) is 4.59. The van der Waals surface area contributed by atoms with Crippen molar-refractivity contribution in [3.63, 3.8) is 0 Å². The van der Waals surface area contributed by atoms with Gasteiger partial charge in [-0.3, -0.25) is 4.79 Å². The number of anilines is 1. The molecule has 0 saturated carbocycles. The van der Waals surface area contributed by atoms with Crippen LogP contribution in [-0.4, -0.2) is 30.0 Å². The highest BCUT2D eigenvalue weighted by Crippen LogP contribution is 2.38. The maximum Gasteiger partial charge on any atom is 0.251 e. The van der Waals surface area contributed by atoms with Crippen molar-refractivity contribution in [1.82, 2.24) is 10.3 Å². The lowest BCUT2D eigenvalue weighted by molar-refractivity contribution is 0.100. The number of nitrogens with one attached hydrogen (secondary N) is 2. The molecular formula is C19H19FN4OS. The highest BCUT2D eigenvalue weighted by molar-refractivity contribution is 7.22. The molecule has 1 aliphatic rings. The molecular weight excluding hydrogens is 351 g/mol. The second kappa shape index (κ2) is 7.01. The van der Waals surface area contributed by atoms with Crippen LogP contribution in [0.5, 0.6) is 0 Å². The lowest BCUT2D eigenvalue weighted by atomic mass is 10.1. The van der Waals surface area contributed by atoms with Gasteiger partial charge in [0.25, 0.3) is 5.91 Å². The lowest BCUT2D eigenvalue weighted by Gasteiger charge is -2.24. The van der Waals surface area contributed by atoms with E-state index in [1.807, 2.05) is 6.07 Å². The van der Waals surface area contributed by atoms with Crippen molar-refractivity contribution in [1.29, 1.82) is 0 Å². The molecule has 26 heavy (non-hydrogen) atoms. The number of benzene rings is 1. The molecule has 5 nitrogen and oxygen atoms in total. The first-order valence-corrected chi connectivity index (χ1v) is 9.39. The molecule has 1 amide bonds. The molecule has 1 aromatic carbocycles. The molecule has 1 atom stereocenters. The van der Waals surface area contributed by atoms with E-state index in [2.05, 4.69) is 15.6 Å². The minimum atomic E-state index is -0.499. The fourth-order valence-electron chi connectivity index (χ4n) is 3.24. The monoisotopic (exact) mass is 370 g/mol. The van der Waals surface area contributed by atoms with Gasteiger partial charge in [0.05, 0.1) is 10.3 Å². The van der Waals surface area contributed by atoms with Gasteiger partial charge in [0.2, 0.25) is 0 Å². The maximum atomic E-state index is 13.2. The number of nitrogens with two attached hydrogens (primary N) is 1. The SMILES string of the molecule is NC(=O)c1cnc(N[C@H]2CCCNC2)c2cc(-c3ccc(F)cc3)sc12. The number of hydrogen-bond donors (Lipinski definition) is 3. The average molecular weight is 370 g/mol. The maximum absolute atomic E-state index is 13.2. The summed E-state index contributed by atoms with van der Waals surface area (Å²) in [6.07, 6.45) is 3.72. The zero-order valence-corrected chi connectivity index (χ0v) is 14.9. The Kier molecular flexibility index (Phi) is 4.57. The molecule has 1 saturated heterocycles. The van der Waals surface area contributed by atoms with Gasteiger partial charge >= 0.3 is 0 Å². The van der Waals surface area contributed by atoms with E-state index in [9.17, 15) is 9.18 Å². The van der Waals surface area contributed by atoms with Crippen molar-refractivity contribution in [3.05, 3.63) is 47.9 Å². The Hall–Kier alpha value is -2.51. The van der Waals surface area contributed by atoms with Crippen LogP contribution >= 0.6 is 11.3 Å². The molecule has 2 aromatic heterocycles. The Bertz CT molecular complexity index is 948. The zero-order valence-electron chi connectivity index (χ0n) is 14.1. The molecule has 1 fully saturated rings. The summed E-state index contributed by atoms with van der Waals surface area (Å²) in [5.74, 6) is -0.0225. The molecule has 134 valence electrons. The van der Waals surface area contributed by atoms with Crippen molar-refractivity contribution in [3.8, 4) is 10.4 Å². The molecule has 3 heterocycles. The number of halogens is 1. The molecule has 0 bridgehead atoms. The summed E-state index contributed by atoms with van der Waals surface area (Å²) in [5, 5.41) is 7.73. The van der Waals surface area contributed by atoms with Crippen LogP contribution in [0, 0.1) is 5.82 Å². The number of hydrogen-bond acceptors (Lipinski definition) is 5. The Morgan fingerprint density at radius 1 is 1.35 bits per heavy atom. The summed E-state index contributed by atoms with van der Waals surface area (Å²) in [5.41, 5.74) is 6.83. The van der Waals surface area contributed by atoms with E-state index in [4.69, 9.17) is 5.73 Å². The van der Waals surface area contributed by atoms with E-state index in [1.165, 1.54) is 29.7 Å². The number of pyridine rings is 1. The smallest absolute Gasteiger partial charge is 0.251 e. The number of fused-ring (bicyclic) bond motifs is 1. The predicted octanol–water partition coefficient (Wildman–Crippen LogP) is 3.37. The first-order chi connectivity index (χ1) is 12.6. The van der Waals surface area contributed by atoms with Gasteiger partial charge in [-0.05, 0) is 43.1 Å². The fourth-order valence-corrected chi connectivity index (χ4v) is 4.42. The predicted molar refractivity (Wildman–Crippen MR) is 103 cm³/mol. The van der Waals surface area contributed by atoms with E-state index in [1.54, 1.807) is 12.1 Å². The number of nitrogens with zero attached hydrogens (tertiary/aromatic N) is 1. The Balaban J connectivity index is 1.78. The molecule has 7 heteroatoms. The van der Waals surface area contributed by atoms with Crippen molar-refractivity contribution >= 4 is 33.1 Å². The number of carbonyl (C=O) groups excluding carboxylic acids is 1. The Morgan fingerprint density at radius 3 is 2.85 bits per heavy atom. The number of thiophene rings is 1. The van der Waals surface area contributed by atoms with Crippen molar-refractivity contribution in [2.45, 2.75) is 18.9 Å². The molecule has 1 aliphatic heterocycles. The average Bonchev–Trinajstić information content (AvgIpc) is 3.09. The number of primary amides is 1. The highest BCUT2D eigenvalue weighted by atomic mass is 32.1. The molecule has 0 radical (unpaired) electrons.